The number of hydrogen-bond donors (Lipinski definition) is 0. The van der Waals surface area contributed by atoms with Gasteiger partial charge in [0.15, 0.2) is 0 Å². The number of carbonyl (C=O) groups is 1. The second-order valence-electron chi connectivity index (χ2n) is 6.08. The van der Waals surface area contributed by atoms with E-state index >= 15 is 0 Å². The van der Waals surface area contributed by atoms with Crippen LogP contribution in [0.2, 0.25) is 0 Å². The molecule has 26 heavy (non-hydrogen) atoms. The quantitative estimate of drug-likeness (QED) is 0.763. The zero-order valence-electron chi connectivity index (χ0n) is 14.1. The van der Waals surface area contributed by atoms with Crippen LogP contribution in [0.25, 0.3) is 0 Å². The number of anilines is 1. The van der Waals surface area contributed by atoms with Crippen LogP contribution in [0.3, 0.4) is 0 Å². The van der Waals surface area contributed by atoms with Crippen molar-refractivity contribution >= 4 is 11.6 Å². The van der Waals surface area contributed by atoms with E-state index in [4.69, 9.17) is 0 Å². The van der Waals surface area contributed by atoms with E-state index in [2.05, 4.69) is 4.98 Å². The number of alkyl halides is 3. The molecule has 2 heterocycles. The maximum atomic E-state index is 13.0. The average molecular weight is 367 g/mol. The Morgan fingerprint density at radius 2 is 1.62 bits per heavy atom. The van der Waals surface area contributed by atoms with E-state index in [0.29, 0.717) is 26.2 Å². The predicted molar refractivity (Wildman–Crippen MR) is 88.5 cm³/mol. The van der Waals surface area contributed by atoms with Gasteiger partial charge in [-0.25, -0.2) is 9.37 Å². The van der Waals surface area contributed by atoms with Crippen LogP contribution in [0, 0.1) is 12.7 Å². The number of rotatable bonds is 2. The first-order valence-corrected chi connectivity index (χ1v) is 8.10. The molecule has 8 heteroatoms. The molecule has 0 N–H and O–H groups in total. The van der Waals surface area contributed by atoms with Gasteiger partial charge in [0.25, 0.3) is 5.91 Å². The van der Waals surface area contributed by atoms with E-state index in [1.165, 1.54) is 25.1 Å². The molecule has 1 saturated heterocycles. The molecular formula is C18H17F4N3O. The van der Waals surface area contributed by atoms with Crippen LogP contribution in [0.5, 0.6) is 0 Å². The zero-order valence-corrected chi connectivity index (χ0v) is 14.1. The van der Waals surface area contributed by atoms with E-state index in [1.54, 1.807) is 17.0 Å². The Balaban J connectivity index is 1.68. The topological polar surface area (TPSA) is 36.4 Å². The van der Waals surface area contributed by atoms with E-state index in [1.807, 2.05) is 4.90 Å². The van der Waals surface area contributed by atoms with Crippen molar-refractivity contribution in [1.29, 1.82) is 0 Å². The minimum Gasteiger partial charge on any atom is -0.368 e. The molecule has 0 atom stereocenters. The summed E-state index contributed by atoms with van der Waals surface area (Å²) in [6, 6.07) is 8.12. The van der Waals surface area contributed by atoms with Gasteiger partial charge in [-0.3, -0.25) is 4.79 Å². The number of halogens is 4. The molecule has 0 spiro atoms. The fourth-order valence-electron chi connectivity index (χ4n) is 2.93. The Labute approximate surface area is 148 Å². The van der Waals surface area contributed by atoms with Gasteiger partial charge in [-0.1, -0.05) is 0 Å². The molecule has 0 saturated carbocycles. The lowest BCUT2D eigenvalue weighted by molar-refractivity contribution is -0.141. The lowest BCUT2D eigenvalue weighted by atomic mass is 10.1. The molecule has 2 aromatic rings. The summed E-state index contributed by atoms with van der Waals surface area (Å²) >= 11 is 0. The van der Waals surface area contributed by atoms with Gasteiger partial charge in [-0.2, -0.15) is 13.2 Å². The first-order chi connectivity index (χ1) is 12.3. The molecule has 1 amide bonds. The molecule has 0 unspecified atom stereocenters. The first-order valence-electron chi connectivity index (χ1n) is 8.10. The third-order valence-electron chi connectivity index (χ3n) is 4.37. The van der Waals surface area contributed by atoms with E-state index in [-0.39, 0.29) is 23.0 Å². The summed E-state index contributed by atoms with van der Waals surface area (Å²) in [7, 11) is 0. The third-order valence-corrected chi connectivity index (χ3v) is 4.37. The van der Waals surface area contributed by atoms with Gasteiger partial charge in [0, 0.05) is 31.9 Å². The van der Waals surface area contributed by atoms with Gasteiger partial charge < -0.3 is 9.80 Å². The predicted octanol–water partition coefficient (Wildman–Crippen LogP) is 3.51. The van der Waals surface area contributed by atoms with Crippen molar-refractivity contribution in [3.63, 3.8) is 0 Å². The number of pyridine rings is 1. The van der Waals surface area contributed by atoms with Crippen molar-refractivity contribution in [1.82, 2.24) is 9.88 Å². The molecule has 1 aromatic carbocycles. The number of hydrogen-bond acceptors (Lipinski definition) is 3. The van der Waals surface area contributed by atoms with Crippen LogP contribution >= 0.6 is 0 Å². The summed E-state index contributed by atoms with van der Waals surface area (Å²) < 4.78 is 51.1. The second kappa shape index (κ2) is 6.93. The molecule has 138 valence electrons. The van der Waals surface area contributed by atoms with Gasteiger partial charge in [0.2, 0.25) is 0 Å². The second-order valence-corrected chi connectivity index (χ2v) is 6.08. The molecule has 0 radical (unpaired) electrons. The lowest BCUT2D eigenvalue weighted by Gasteiger charge is -2.36. The van der Waals surface area contributed by atoms with E-state index < -0.39 is 11.9 Å². The van der Waals surface area contributed by atoms with Crippen LogP contribution in [0.15, 0.2) is 36.4 Å². The van der Waals surface area contributed by atoms with Crippen LogP contribution in [-0.2, 0) is 6.18 Å². The number of piperazine rings is 1. The van der Waals surface area contributed by atoms with Crippen LogP contribution in [0.1, 0.15) is 21.7 Å². The Bertz CT molecular complexity index is 797. The monoisotopic (exact) mass is 367 g/mol. The standard InChI is InChI=1S/C18H17F4N3O/c1-12-15(6-7-16(23-12)18(20,21)22)17(26)25-10-8-24(9-11-25)14-4-2-13(19)3-5-14/h2-7H,8-11H2,1H3. The largest absolute Gasteiger partial charge is 0.433 e. The summed E-state index contributed by atoms with van der Waals surface area (Å²) in [5.41, 5.74) is 0.0950. The minimum atomic E-state index is -4.53. The van der Waals surface area contributed by atoms with Crippen LogP contribution < -0.4 is 4.90 Å². The number of amides is 1. The highest BCUT2D eigenvalue weighted by Gasteiger charge is 2.33. The highest BCUT2D eigenvalue weighted by atomic mass is 19.4. The van der Waals surface area contributed by atoms with E-state index in [9.17, 15) is 22.4 Å². The molecule has 1 aromatic heterocycles. The van der Waals surface area contributed by atoms with Crippen molar-refractivity contribution in [2.24, 2.45) is 0 Å². The fraction of sp³-hybridized carbons (Fsp3) is 0.333. The smallest absolute Gasteiger partial charge is 0.368 e. The van der Waals surface area contributed by atoms with Gasteiger partial charge >= 0.3 is 6.18 Å². The Morgan fingerprint density at radius 1 is 1.00 bits per heavy atom. The van der Waals surface area contributed by atoms with Crippen LogP contribution in [0.4, 0.5) is 23.2 Å². The van der Waals surface area contributed by atoms with Gasteiger partial charge in [-0.15, -0.1) is 0 Å². The maximum Gasteiger partial charge on any atom is 0.433 e. The summed E-state index contributed by atoms with van der Waals surface area (Å²) in [5, 5.41) is 0. The summed E-state index contributed by atoms with van der Waals surface area (Å²) in [6.07, 6.45) is -4.53. The fourth-order valence-corrected chi connectivity index (χ4v) is 2.93. The maximum absolute atomic E-state index is 13.0. The average Bonchev–Trinajstić information content (AvgIpc) is 2.61. The minimum absolute atomic E-state index is 0.0609. The van der Waals surface area contributed by atoms with Crippen molar-refractivity contribution in [3.05, 3.63) is 59.2 Å². The van der Waals surface area contributed by atoms with Crippen molar-refractivity contribution in [2.45, 2.75) is 13.1 Å². The molecule has 1 fully saturated rings. The molecule has 0 aliphatic carbocycles. The van der Waals surface area contributed by atoms with Crippen molar-refractivity contribution in [2.75, 3.05) is 31.1 Å². The highest BCUT2D eigenvalue weighted by molar-refractivity contribution is 5.95. The van der Waals surface area contributed by atoms with Gasteiger partial charge in [0.1, 0.15) is 11.5 Å². The Kier molecular flexibility index (Phi) is 4.84. The third kappa shape index (κ3) is 3.79. The molecule has 3 rings (SSSR count). The summed E-state index contributed by atoms with van der Waals surface area (Å²) in [6.45, 7) is 3.37. The normalized spacial score (nSPS) is 15.3. The number of nitrogens with zero attached hydrogens (tertiary/aromatic N) is 3. The number of benzene rings is 1. The van der Waals surface area contributed by atoms with Crippen LogP contribution in [-0.4, -0.2) is 42.0 Å². The zero-order chi connectivity index (χ0) is 18.9. The molecular weight excluding hydrogens is 350 g/mol. The Hall–Kier alpha value is -2.64. The first kappa shape index (κ1) is 18.2. The summed E-state index contributed by atoms with van der Waals surface area (Å²) in [5.74, 6) is -0.643. The molecule has 4 nitrogen and oxygen atoms in total. The number of aryl methyl sites for hydroxylation is 1. The molecule has 0 bridgehead atoms. The van der Waals surface area contributed by atoms with Gasteiger partial charge in [0.05, 0.1) is 11.3 Å². The highest BCUT2D eigenvalue weighted by Crippen LogP contribution is 2.28. The summed E-state index contributed by atoms with van der Waals surface area (Å²) in [4.78, 5) is 19.7. The van der Waals surface area contributed by atoms with Crippen molar-refractivity contribution < 1.29 is 22.4 Å². The molecule has 1 aliphatic rings. The number of carbonyl (C=O) groups excluding carboxylic acids is 1. The van der Waals surface area contributed by atoms with E-state index in [0.717, 1.165) is 11.8 Å². The lowest BCUT2D eigenvalue weighted by Crippen LogP contribution is -2.49. The van der Waals surface area contributed by atoms with Crippen molar-refractivity contribution in [3.8, 4) is 0 Å². The SMILES string of the molecule is Cc1nc(C(F)(F)F)ccc1C(=O)N1CCN(c2ccc(F)cc2)CC1. The molecule has 1 aliphatic heterocycles. The van der Waals surface area contributed by atoms with Gasteiger partial charge in [-0.05, 0) is 43.3 Å². The number of aromatic nitrogens is 1. The Morgan fingerprint density at radius 3 is 2.15 bits per heavy atom.